The van der Waals surface area contributed by atoms with Crippen LogP contribution in [0.5, 0.6) is 0 Å². The zero-order valence-corrected chi connectivity index (χ0v) is 7.19. The van der Waals surface area contributed by atoms with Gasteiger partial charge in [-0.05, 0) is 0 Å². The monoisotopic (exact) mass is 185 g/mol. The summed E-state index contributed by atoms with van der Waals surface area (Å²) in [5, 5.41) is 9.97. The molecule has 0 radical (unpaired) electrons. The summed E-state index contributed by atoms with van der Waals surface area (Å²) >= 11 is 5.21. The molecule has 0 saturated carbocycles. The number of hydrogen-bond donors (Lipinski definition) is 0. The van der Waals surface area contributed by atoms with Crippen molar-refractivity contribution in [2.75, 3.05) is 14.2 Å². The van der Waals surface area contributed by atoms with Crippen LogP contribution in [0.3, 0.4) is 0 Å². The van der Waals surface area contributed by atoms with E-state index in [1.165, 1.54) is 0 Å². The third-order valence-electron chi connectivity index (χ3n) is 0.840. The van der Waals surface area contributed by atoms with Gasteiger partial charge in [0.15, 0.2) is 0 Å². The summed E-state index contributed by atoms with van der Waals surface area (Å²) in [4.78, 5) is 0. The predicted octanol–water partition coefficient (Wildman–Crippen LogP) is 0.870. The Hall–Kier alpha value is -0.0200. The fourth-order valence-electron chi connectivity index (χ4n) is 0.314. The molecule has 0 unspecified atom stereocenters. The molecule has 10 heavy (non-hydrogen) atoms. The number of rotatable bonds is 3. The van der Waals surface area contributed by atoms with E-state index in [0.29, 0.717) is 0 Å². The molecular formula is C4H7ClO4P-. The smallest absolute Gasteiger partial charge is 0.370 e. The minimum Gasteiger partial charge on any atom is -0.877 e. The molecule has 6 heteroatoms. The minimum absolute atomic E-state index is 0.231. The Morgan fingerprint density at radius 3 is 2.10 bits per heavy atom. The highest BCUT2D eigenvalue weighted by atomic mass is 35.5. The van der Waals surface area contributed by atoms with Crippen LogP contribution in [0.1, 0.15) is 0 Å². The van der Waals surface area contributed by atoms with Gasteiger partial charge >= 0.3 is 7.60 Å². The maximum absolute atomic E-state index is 11.0. The van der Waals surface area contributed by atoms with E-state index >= 15 is 0 Å². The lowest BCUT2D eigenvalue weighted by molar-refractivity contribution is -0.275. The van der Waals surface area contributed by atoms with Crippen molar-refractivity contribution in [2.24, 2.45) is 0 Å². The molecular weight excluding hydrogens is 178 g/mol. The van der Waals surface area contributed by atoms with Crippen molar-refractivity contribution >= 4 is 19.2 Å². The molecule has 0 atom stereocenters. The fraction of sp³-hybridized carbons (Fsp3) is 0.500. The van der Waals surface area contributed by atoms with E-state index in [1.807, 2.05) is 0 Å². The van der Waals surface area contributed by atoms with E-state index in [9.17, 15) is 9.67 Å². The van der Waals surface area contributed by atoms with Gasteiger partial charge in [-0.15, -0.1) is 6.26 Å². The molecule has 0 heterocycles. The predicted molar refractivity (Wildman–Crippen MR) is 35.6 cm³/mol. The van der Waals surface area contributed by atoms with Crippen LogP contribution < -0.4 is 5.11 Å². The summed E-state index contributed by atoms with van der Waals surface area (Å²) in [7, 11) is -1.16. The van der Waals surface area contributed by atoms with Crippen LogP contribution in [0.15, 0.2) is 11.0 Å². The summed E-state index contributed by atoms with van der Waals surface area (Å²) in [6, 6.07) is 0. The van der Waals surface area contributed by atoms with Crippen LogP contribution in [0, 0.1) is 0 Å². The van der Waals surface area contributed by atoms with Crippen LogP contribution in [0.4, 0.5) is 0 Å². The first-order valence-electron chi connectivity index (χ1n) is 2.30. The fourth-order valence-corrected chi connectivity index (χ4v) is 1.35. The minimum atomic E-state index is -3.46. The second kappa shape index (κ2) is 3.98. The SMILES string of the molecule is COP(=O)(OC)/C(Cl)=C/[O-]. The van der Waals surface area contributed by atoms with Crippen molar-refractivity contribution in [2.45, 2.75) is 0 Å². The van der Waals surface area contributed by atoms with Crippen molar-refractivity contribution in [3.8, 4) is 0 Å². The van der Waals surface area contributed by atoms with Crippen molar-refractivity contribution in [1.82, 2.24) is 0 Å². The van der Waals surface area contributed by atoms with Gasteiger partial charge in [-0.1, -0.05) is 11.6 Å². The highest BCUT2D eigenvalue weighted by Gasteiger charge is 2.23. The lowest BCUT2D eigenvalue weighted by atomic mass is 11.2. The molecule has 0 aliphatic rings. The van der Waals surface area contributed by atoms with Crippen LogP contribution in [-0.2, 0) is 13.6 Å². The molecule has 0 aromatic rings. The van der Waals surface area contributed by atoms with E-state index in [1.54, 1.807) is 0 Å². The van der Waals surface area contributed by atoms with Gasteiger partial charge in [0.2, 0.25) is 0 Å². The maximum atomic E-state index is 11.0. The average Bonchev–Trinajstić information content (AvgIpc) is 2.01. The number of hydrogen-bond acceptors (Lipinski definition) is 4. The summed E-state index contributed by atoms with van der Waals surface area (Å²) in [5.41, 5.74) is 0. The Labute approximate surface area is 63.9 Å². The molecule has 0 N–H and O–H groups in total. The van der Waals surface area contributed by atoms with Crippen molar-refractivity contribution in [1.29, 1.82) is 0 Å². The van der Waals surface area contributed by atoms with Gasteiger partial charge in [0.25, 0.3) is 0 Å². The van der Waals surface area contributed by atoms with Gasteiger partial charge in [-0.2, -0.15) is 0 Å². The van der Waals surface area contributed by atoms with Gasteiger partial charge < -0.3 is 14.2 Å². The van der Waals surface area contributed by atoms with E-state index in [-0.39, 0.29) is 6.26 Å². The highest BCUT2D eigenvalue weighted by molar-refractivity contribution is 7.60. The van der Waals surface area contributed by atoms with Gasteiger partial charge in [0.05, 0.1) is 0 Å². The van der Waals surface area contributed by atoms with Crippen molar-refractivity contribution < 1.29 is 18.7 Å². The molecule has 0 saturated heterocycles. The van der Waals surface area contributed by atoms with Gasteiger partial charge in [-0.25, -0.2) is 0 Å². The van der Waals surface area contributed by atoms with Gasteiger partial charge in [-0.3, -0.25) is 4.57 Å². The Bertz CT molecular complexity index is 170. The Morgan fingerprint density at radius 2 is 2.00 bits per heavy atom. The largest absolute Gasteiger partial charge is 0.877 e. The summed E-state index contributed by atoms with van der Waals surface area (Å²) < 4.78 is 19.3. The first-order valence-corrected chi connectivity index (χ1v) is 4.22. The second-order valence-electron chi connectivity index (χ2n) is 1.30. The maximum Gasteiger partial charge on any atom is 0.370 e. The molecule has 60 valence electrons. The van der Waals surface area contributed by atoms with Crippen molar-refractivity contribution in [3.05, 3.63) is 11.0 Å². The molecule has 0 aliphatic heterocycles. The van der Waals surface area contributed by atoms with Gasteiger partial charge in [0, 0.05) is 14.2 Å². The number of halogens is 1. The Morgan fingerprint density at radius 1 is 1.60 bits per heavy atom. The summed E-state index contributed by atoms with van der Waals surface area (Å²) in [6.07, 6.45) is 0.231. The molecule has 0 aromatic carbocycles. The molecule has 0 amide bonds. The third-order valence-corrected chi connectivity index (χ3v) is 3.14. The topological polar surface area (TPSA) is 58.6 Å². The second-order valence-corrected chi connectivity index (χ2v) is 4.18. The Kier molecular flexibility index (Phi) is 3.98. The molecule has 0 aliphatic carbocycles. The quantitative estimate of drug-likeness (QED) is 0.484. The molecule has 0 spiro atoms. The molecule has 0 bridgehead atoms. The standard InChI is InChI=1S/C4H8ClO4P/c1-8-10(7,9-2)4(5)3-6/h3,6H,1-2H3/p-1/b4-3+. The lowest BCUT2D eigenvalue weighted by Gasteiger charge is -2.12. The van der Waals surface area contributed by atoms with Crippen molar-refractivity contribution in [3.63, 3.8) is 0 Å². The van der Waals surface area contributed by atoms with E-state index in [0.717, 1.165) is 14.2 Å². The van der Waals surface area contributed by atoms with Crippen LogP contribution in [0.2, 0.25) is 0 Å². The third kappa shape index (κ3) is 1.99. The molecule has 0 aromatic heterocycles. The van der Waals surface area contributed by atoms with Gasteiger partial charge in [0.1, 0.15) is 4.77 Å². The lowest BCUT2D eigenvalue weighted by Crippen LogP contribution is -1.93. The summed E-state index contributed by atoms with van der Waals surface area (Å²) in [5.74, 6) is 0. The van der Waals surface area contributed by atoms with Crippen LogP contribution >= 0.6 is 19.2 Å². The highest BCUT2D eigenvalue weighted by Crippen LogP contribution is 2.55. The van der Waals surface area contributed by atoms with Crippen LogP contribution in [0.25, 0.3) is 0 Å². The molecule has 0 fully saturated rings. The zero-order chi connectivity index (χ0) is 8.20. The van der Waals surface area contributed by atoms with E-state index < -0.39 is 12.4 Å². The first kappa shape index (κ1) is 9.98. The normalized spacial score (nSPS) is 13.7. The molecule has 0 rings (SSSR count). The van der Waals surface area contributed by atoms with E-state index in [2.05, 4.69) is 9.05 Å². The zero-order valence-electron chi connectivity index (χ0n) is 5.54. The van der Waals surface area contributed by atoms with E-state index in [4.69, 9.17) is 11.6 Å². The summed E-state index contributed by atoms with van der Waals surface area (Å²) in [6.45, 7) is 0. The average molecular weight is 186 g/mol. The molecule has 4 nitrogen and oxygen atoms in total. The first-order chi connectivity index (χ1) is 4.60. The van der Waals surface area contributed by atoms with Crippen LogP contribution in [-0.4, -0.2) is 14.2 Å². The Balaban J connectivity index is 4.50.